The zero-order chi connectivity index (χ0) is 15.1. The smallest absolute Gasteiger partial charge is 0.191 e. The Hall–Kier alpha value is -0.680. The van der Waals surface area contributed by atoms with Gasteiger partial charge in [-0.1, -0.05) is 13.0 Å². The Bertz CT molecular complexity index is 436. The number of guanidine groups is 1. The van der Waals surface area contributed by atoms with Crippen LogP contribution in [0.4, 0.5) is 0 Å². The van der Waals surface area contributed by atoms with Crippen molar-refractivity contribution in [3.8, 4) is 0 Å². The highest BCUT2D eigenvalue weighted by Gasteiger charge is 2.29. The van der Waals surface area contributed by atoms with E-state index in [0.29, 0.717) is 10.7 Å². The third-order valence-corrected chi connectivity index (χ3v) is 6.45. The lowest BCUT2D eigenvalue weighted by Gasteiger charge is -2.21. The van der Waals surface area contributed by atoms with E-state index >= 15 is 0 Å². The van der Waals surface area contributed by atoms with Gasteiger partial charge in [0.25, 0.3) is 0 Å². The van der Waals surface area contributed by atoms with Crippen LogP contribution in [-0.2, 0) is 0 Å². The molecule has 2 rings (SSSR count). The van der Waals surface area contributed by atoms with Crippen molar-refractivity contribution < 1.29 is 0 Å². The fourth-order valence-electron chi connectivity index (χ4n) is 2.47. The van der Waals surface area contributed by atoms with Crippen LogP contribution in [0.5, 0.6) is 0 Å². The van der Waals surface area contributed by atoms with E-state index in [9.17, 15) is 0 Å². The van der Waals surface area contributed by atoms with Crippen molar-refractivity contribution in [2.45, 2.75) is 44.3 Å². The summed E-state index contributed by atoms with van der Waals surface area (Å²) < 4.78 is 0.335. The Morgan fingerprint density at radius 1 is 1.48 bits per heavy atom. The van der Waals surface area contributed by atoms with E-state index in [1.54, 1.807) is 0 Å². The molecule has 0 bridgehead atoms. The number of thioether (sulfide) groups is 1. The van der Waals surface area contributed by atoms with Crippen LogP contribution in [0, 0.1) is 0 Å². The van der Waals surface area contributed by atoms with Crippen LogP contribution in [0.15, 0.2) is 22.5 Å². The van der Waals surface area contributed by atoms with Crippen molar-refractivity contribution >= 4 is 29.1 Å². The molecule has 0 radical (unpaired) electrons. The average Bonchev–Trinajstić information content (AvgIpc) is 3.13. The van der Waals surface area contributed by atoms with Gasteiger partial charge < -0.3 is 10.6 Å². The fraction of sp³-hybridized carbons (Fsp3) is 0.688. The van der Waals surface area contributed by atoms with Gasteiger partial charge in [-0.05, 0) is 43.9 Å². The largest absolute Gasteiger partial charge is 0.357 e. The third kappa shape index (κ3) is 5.22. The molecule has 0 aromatic carbocycles. The lowest BCUT2D eigenvalue weighted by atomic mass is 10.1. The number of hydrogen-bond acceptors (Lipinski definition) is 3. The quantitative estimate of drug-likeness (QED) is 0.618. The number of aliphatic imine (C=N–C) groups is 1. The molecule has 0 amide bonds. The topological polar surface area (TPSA) is 36.4 Å². The van der Waals surface area contributed by atoms with Gasteiger partial charge in [0.15, 0.2) is 5.96 Å². The molecule has 0 spiro atoms. The van der Waals surface area contributed by atoms with Crippen LogP contribution in [0.1, 0.15) is 44.4 Å². The van der Waals surface area contributed by atoms with E-state index in [1.165, 1.54) is 23.5 Å². The number of nitrogens with one attached hydrogen (secondary N) is 2. The molecule has 0 saturated carbocycles. The van der Waals surface area contributed by atoms with Crippen molar-refractivity contribution in [3.05, 3.63) is 22.4 Å². The molecule has 2 N–H and O–H groups in total. The van der Waals surface area contributed by atoms with Gasteiger partial charge in [-0.2, -0.15) is 11.8 Å². The zero-order valence-corrected chi connectivity index (χ0v) is 14.9. The van der Waals surface area contributed by atoms with Crippen molar-refractivity contribution in [1.29, 1.82) is 0 Å². The summed E-state index contributed by atoms with van der Waals surface area (Å²) in [7, 11) is 0. The van der Waals surface area contributed by atoms with Gasteiger partial charge in [0.05, 0.1) is 6.54 Å². The molecule has 1 fully saturated rings. The van der Waals surface area contributed by atoms with Crippen molar-refractivity contribution in [1.82, 2.24) is 10.6 Å². The maximum absolute atomic E-state index is 4.80. The maximum atomic E-state index is 4.80. The molecule has 2 unspecified atom stereocenters. The van der Waals surface area contributed by atoms with Gasteiger partial charge in [-0.15, -0.1) is 11.3 Å². The molecule has 118 valence electrons. The molecule has 2 atom stereocenters. The lowest BCUT2D eigenvalue weighted by molar-refractivity contribution is 0.612. The summed E-state index contributed by atoms with van der Waals surface area (Å²) in [5, 5.41) is 8.99. The van der Waals surface area contributed by atoms with E-state index in [0.717, 1.165) is 25.6 Å². The monoisotopic (exact) mass is 325 g/mol. The van der Waals surface area contributed by atoms with E-state index in [4.69, 9.17) is 4.99 Å². The first kappa shape index (κ1) is 16.7. The molecule has 1 aliphatic rings. The van der Waals surface area contributed by atoms with Gasteiger partial charge in [-0.3, -0.25) is 4.99 Å². The van der Waals surface area contributed by atoms with E-state index in [2.05, 4.69) is 60.7 Å². The Balaban J connectivity index is 1.86. The lowest BCUT2D eigenvalue weighted by Crippen LogP contribution is -2.40. The number of hydrogen-bond donors (Lipinski definition) is 2. The van der Waals surface area contributed by atoms with Crippen LogP contribution < -0.4 is 10.6 Å². The molecule has 5 heteroatoms. The summed E-state index contributed by atoms with van der Waals surface area (Å²) in [4.78, 5) is 6.22. The Labute approximate surface area is 137 Å². The average molecular weight is 326 g/mol. The standard InChI is InChI=1S/C16H27N3S2/c1-4-17-15(19-12-16(3)8-6-10-21-16)18-11-13(2)14-7-5-9-20-14/h5,7,9,13H,4,6,8,10-12H2,1-3H3,(H2,17,18,19). The molecule has 1 saturated heterocycles. The number of rotatable bonds is 6. The summed E-state index contributed by atoms with van der Waals surface area (Å²) in [5.41, 5.74) is 0. The van der Waals surface area contributed by atoms with E-state index < -0.39 is 0 Å². The maximum Gasteiger partial charge on any atom is 0.191 e. The van der Waals surface area contributed by atoms with Crippen LogP contribution >= 0.6 is 23.1 Å². The molecule has 2 heterocycles. The molecule has 21 heavy (non-hydrogen) atoms. The Morgan fingerprint density at radius 2 is 2.33 bits per heavy atom. The van der Waals surface area contributed by atoms with Gasteiger partial charge in [0.2, 0.25) is 0 Å². The van der Waals surface area contributed by atoms with Gasteiger partial charge in [-0.25, -0.2) is 0 Å². The summed E-state index contributed by atoms with van der Waals surface area (Å²) in [6.07, 6.45) is 2.61. The minimum absolute atomic E-state index is 0.335. The normalized spacial score (nSPS) is 24.0. The van der Waals surface area contributed by atoms with Crippen LogP contribution in [0.25, 0.3) is 0 Å². The second-order valence-electron chi connectivity index (χ2n) is 5.89. The minimum Gasteiger partial charge on any atom is -0.357 e. The summed E-state index contributed by atoms with van der Waals surface area (Å²) in [5.74, 6) is 2.76. The first-order valence-electron chi connectivity index (χ1n) is 7.82. The number of nitrogens with zero attached hydrogens (tertiary/aromatic N) is 1. The Morgan fingerprint density at radius 3 is 2.95 bits per heavy atom. The molecule has 0 aliphatic carbocycles. The highest BCUT2D eigenvalue weighted by atomic mass is 32.2. The van der Waals surface area contributed by atoms with Crippen molar-refractivity contribution in [3.63, 3.8) is 0 Å². The van der Waals surface area contributed by atoms with Crippen molar-refractivity contribution in [2.24, 2.45) is 4.99 Å². The summed E-state index contributed by atoms with van der Waals surface area (Å²) >= 11 is 3.89. The first-order chi connectivity index (χ1) is 10.1. The number of thiophene rings is 1. The molecule has 1 aromatic heterocycles. The molecule has 1 aliphatic heterocycles. The summed E-state index contributed by atoms with van der Waals surface area (Å²) in [6.45, 7) is 9.45. The molecular weight excluding hydrogens is 298 g/mol. The Kier molecular flexibility index (Phi) is 6.42. The van der Waals surface area contributed by atoms with Crippen LogP contribution in [0.3, 0.4) is 0 Å². The van der Waals surface area contributed by atoms with E-state index in [-0.39, 0.29) is 0 Å². The highest BCUT2D eigenvalue weighted by molar-refractivity contribution is 8.00. The van der Waals surface area contributed by atoms with Crippen LogP contribution in [-0.4, -0.2) is 36.1 Å². The first-order valence-corrected chi connectivity index (χ1v) is 9.69. The predicted octanol–water partition coefficient (Wildman–Crippen LogP) is 3.69. The van der Waals surface area contributed by atoms with Crippen LogP contribution in [0.2, 0.25) is 0 Å². The van der Waals surface area contributed by atoms with Gasteiger partial charge in [0.1, 0.15) is 0 Å². The predicted molar refractivity (Wildman–Crippen MR) is 96.8 cm³/mol. The van der Waals surface area contributed by atoms with E-state index in [1.807, 2.05) is 11.3 Å². The van der Waals surface area contributed by atoms with Gasteiger partial charge >= 0.3 is 0 Å². The highest BCUT2D eigenvalue weighted by Crippen LogP contribution is 2.37. The second kappa shape index (κ2) is 8.08. The van der Waals surface area contributed by atoms with Gasteiger partial charge in [0, 0.05) is 28.6 Å². The second-order valence-corrected chi connectivity index (χ2v) is 8.56. The SMILES string of the molecule is CCNC(=NCC1(C)CCCS1)NCC(C)c1cccs1. The minimum atomic E-state index is 0.335. The third-order valence-electron chi connectivity index (χ3n) is 3.82. The zero-order valence-electron chi connectivity index (χ0n) is 13.3. The molecule has 3 nitrogen and oxygen atoms in total. The fourth-order valence-corrected chi connectivity index (χ4v) is 4.48. The summed E-state index contributed by atoms with van der Waals surface area (Å²) in [6, 6.07) is 4.32. The van der Waals surface area contributed by atoms with Crippen molar-refractivity contribution in [2.75, 3.05) is 25.4 Å². The molecule has 1 aromatic rings. The molecular formula is C16H27N3S2.